The van der Waals surface area contributed by atoms with Crippen molar-refractivity contribution < 1.29 is 17.9 Å². The standard InChI is InChI=1S/C12H19F3N2OS/c1-4-6-8(18-5-2)11-17-10(12(13,14)15)9(19-11)7-16-3/h8,16H,4-7H2,1-3H3. The maximum atomic E-state index is 12.9. The van der Waals surface area contributed by atoms with Gasteiger partial charge in [0, 0.05) is 13.2 Å². The molecule has 1 heterocycles. The lowest BCUT2D eigenvalue weighted by molar-refractivity contribution is -0.141. The molecule has 0 aliphatic rings. The highest BCUT2D eigenvalue weighted by molar-refractivity contribution is 7.11. The van der Waals surface area contributed by atoms with E-state index in [9.17, 15) is 13.2 Å². The number of ether oxygens (including phenoxy) is 1. The van der Waals surface area contributed by atoms with Crippen molar-refractivity contribution in [2.24, 2.45) is 0 Å². The lowest BCUT2D eigenvalue weighted by Gasteiger charge is -2.12. The second-order valence-corrected chi connectivity index (χ2v) is 5.20. The van der Waals surface area contributed by atoms with Crippen LogP contribution in [0.25, 0.3) is 0 Å². The summed E-state index contributed by atoms with van der Waals surface area (Å²) >= 11 is 1.08. The molecule has 0 aliphatic carbocycles. The number of nitrogens with zero attached hydrogens (tertiary/aromatic N) is 1. The molecular weight excluding hydrogens is 277 g/mol. The van der Waals surface area contributed by atoms with Gasteiger partial charge in [-0.15, -0.1) is 11.3 Å². The Morgan fingerprint density at radius 3 is 2.53 bits per heavy atom. The van der Waals surface area contributed by atoms with E-state index >= 15 is 0 Å². The fourth-order valence-electron chi connectivity index (χ4n) is 1.75. The molecule has 0 spiro atoms. The Labute approximate surface area is 115 Å². The van der Waals surface area contributed by atoms with Crippen molar-refractivity contribution in [3.05, 3.63) is 15.6 Å². The molecule has 0 saturated carbocycles. The van der Waals surface area contributed by atoms with E-state index in [1.807, 2.05) is 13.8 Å². The molecule has 1 N–H and O–H groups in total. The molecule has 0 amide bonds. The summed E-state index contributed by atoms with van der Waals surface area (Å²) in [6, 6.07) is 0. The van der Waals surface area contributed by atoms with Crippen LogP contribution in [0.1, 0.15) is 48.4 Å². The third-order valence-electron chi connectivity index (χ3n) is 2.51. The van der Waals surface area contributed by atoms with Crippen LogP contribution < -0.4 is 5.32 Å². The van der Waals surface area contributed by atoms with Gasteiger partial charge < -0.3 is 10.1 Å². The fraction of sp³-hybridized carbons (Fsp3) is 0.750. The Bertz CT molecular complexity index is 387. The van der Waals surface area contributed by atoms with Crippen LogP contribution in [0.4, 0.5) is 13.2 Å². The van der Waals surface area contributed by atoms with Gasteiger partial charge in [-0.3, -0.25) is 0 Å². The van der Waals surface area contributed by atoms with Crippen molar-refractivity contribution >= 4 is 11.3 Å². The summed E-state index contributed by atoms with van der Waals surface area (Å²) in [4.78, 5) is 3.98. The monoisotopic (exact) mass is 296 g/mol. The molecule has 0 fully saturated rings. The summed E-state index contributed by atoms with van der Waals surface area (Å²) in [5, 5.41) is 3.16. The topological polar surface area (TPSA) is 34.1 Å². The summed E-state index contributed by atoms with van der Waals surface area (Å²) in [6.07, 6.45) is -3.24. The SMILES string of the molecule is CCCC(OCC)c1nc(C(F)(F)F)c(CNC)s1. The van der Waals surface area contributed by atoms with Crippen molar-refractivity contribution in [1.82, 2.24) is 10.3 Å². The number of nitrogens with one attached hydrogen (secondary N) is 1. The molecular formula is C12H19F3N2OS. The maximum absolute atomic E-state index is 12.9. The third kappa shape index (κ3) is 4.43. The lowest BCUT2D eigenvalue weighted by Crippen LogP contribution is -2.13. The Morgan fingerprint density at radius 2 is 2.05 bits per heavy atom. The number of hydrogen-bond donors (Lipinski definition) is 1. The van der Waals surface area contributed by atoms with Gasteiger partial charge in [-0.05, 0) is 20.4 Å². The first-order valence-electron chi connectivity index (χ1n) is 6.27. The molecule has 0 bridgehead atoms. The molecule has 1 aromatic heterocycles. The van der Waals surface area contributed by atoms with Gasteiger partial charge in [-0.25, -0.2) is 4.98 Å². The Balaban J connectivity index is 3.07. The first-order chi connectivity index (χ1) is 8.93. The maximum Gasteiger partial charge on any atom is 0.434 e. The lowest BCUT2D eigenvalue weighted by atomic mass is 10.2. The highest BCUT2D eigenvalue weighted by atomic mass is 32.1. The minimum Gasteiger partial charge on any atom is -0.371 e. The third-order valence-corrected chi connectivity index (χ3v) is 3.66. The zero-order valence-electron chi connectivity index (χ0n) is 11.3. The minimum atomic E-state index is -4.41. The average molecular weight is 296 g/mol. The summed E-state index contributed by atoms with van der Waals surface area (Å²) < 4.78 is 44.2. The van der Waals surface area contributed by atoms with Gasteiger partial charge in [0.2, 0.25) is 0 Å². The van der Waals surface area contributed by atoms with Crippen molar-refractivity contribution in [2.45, 2.75) is 45.5 Å². The molecule has 1 rings (SSSR count). The van der Waals surface area contributed by atoms with Crippen molar-refractivity contribution in [2.75, 3.05) is 13.7 Å². The molecule has 1 unspecified atom stereocenters. The molecule has 7 heteroatoms. The number of aromatic nitrogens is 1. The molecule has 110 valence electrons. The first kappa shape index (κ1) is 16.4. The summed E-state index contributed by atoms with van der Waals surface area (Å²) in [5.74, 6) is 0. The van der Waals surface area contributed by atoms with Crippen molar-refractivity contribution in [3.8, 4) is 0 Å². The van der Waals surface area contributed by atoms with Crippen LogP contribution in [0.2, 0.25) is 0 Å². The van der Waals surface area contributed by atoms with E-state index in [4.69, 9.17) is 4.74 Å². The quantitative estimate of drug-likeness (QED) is 0.832. The smallest absolute Gasteiger partial charge is 0.371 e. The van der Waals surface area contributed by atoms with Gasteiger partial charge in [0.25, 0.3) is 0 Å². The zero-order chi connectivity index (χ0) is 14.5. The van der Waals surface area contributed by atoms with E-state index in [1.165, 1.54) is 0 Å². The normalized spacial score (nSPS) is 13.8. The summed E-state index contributed by atoms with van der Waals surface area (Å²) in [7, 11) is 1.62. The second kappa shape index (κ2) is 7.21. The van der Waals surface area contributed by atoms with Crippen LogP contribution in [0.3, 0.4) is 0 Å². The van der Waals surface area contributed by atoms with Crippen molar-refractivity contribution in [3.63, 3.8) is 0 Å². The van der Waals surface area contributed by atoms with Gasteiger partial charge in [-0.1, -0.05) is 13.3 Å². The Kier molecular flexibility index (Phi) is 6.22. The van der Waals surface area contributed by atoms with Crippen molar-refractivity contribution in [1.29, 1.82) is 0 Å². The van der Waals surface area contributed by atoms with E-state index < -0.39 is 11.9 Å². The summed E-state index contributed by atoms with van der Waals surface area (Å²) in [5.41, 5.74) is -0.789. The molecule has 19 heavy (non-hydrogen) atoms. The largest absolute Gasteiger partial charge is 0.434 e. The molecule has 3 nitrogen and oxygen atoms in total. The van der Waals surface area contributed by atoms with E-state index in [0.717, 1.165) is 17.8 Å². The number of thiazole rings is 1. The van der Waals surface area contributed by atoms with E-state index in [0.29, 0.717) is 18.0 Å². The molecule has 0 saturated heterocycles. The van der Waals surface area contributed by atoms with Crippen LogP contribution in [0.5, 0.6) is 0 Å². The number of rotatable bonds is 7. The molecule has 0 radical (unpaired) electrons. The Hall–Kier alpha value is -0.660. The number of hydrogen-bond acceptors (Lipinski definition) is 4. The molecule has 1 aromatic rings. The van der Waals surface area contributed by atoms with Crippen LogP contribution in [0, 0.1) is 0 Å². The van der Waals surface area contributed by atoms with Gasteiger partial charge in [0.15, 0.2) is 5.69 Å². The molecule has 0 aromatic carbocycles. The van der Waals surface area contributed by atoms with E-state index in [1.54, 1.807) is 7.05 Å². The van der Waals surface area contributed by atoms with E-state index in [2.05, 4.69) is 10.3 Å². The first-order valence-corrected chi connectivity index (χ1v) is 7.08. The second-order valence-electron chi connectivity index (χ2n) is 4.08. The number of halogens is 3. The Morgan fingerprint density at radius 1 is 1.37 bits per heavy atom. The van der Waals surface area contributed by atoms with Crippen LogP contribution in [-0.2, 0) is 17.5 Å². The van der Waals surface area contributed by atoms with Crippen LogP contribution in [-0.4, -0.2) is 18.6 Å². The fourth-order valence-corrected chi connectivity index (χ4v) is 2.93. The van der Waals surface area contributed by atoms with Crippen LogP contribution in [0.15, 0.2) is 0 Å². The van der Waals surface area contributed by atoms with Gasteiger partial charge >= 0.3 is 6.18 Å². The summed E-state index contributed by atoms with van der Waals surface area (Å²) in [6.45, 7) is 4.43. The highest BCUT2D eigenvalue weighted by Gasteiger charge is 2.38. The number of alkyl halides is 3. The molecule has 0 aliphatic heterocycles. The predicted molar refractivity (Wildman–Crippen MR) is 69.2 cm³/mol. The predicted octanol–water partition coefficient (Wildman–Crippen LogP) is 3.76. The highest BCUT2D eigenvalue weighted by Crippen LogP contribution is 2.37. The van der Waals surface area contributed by atoms with Gasteiger partial charge in [0.1, 0.15) is 11.1 Å². The molecule has 1 atom stereocenters. The average Bonchev–Trinajstić information content (AvgIpc) is 2.73. The van der Waals surface area contributed by atoms with Gasteiger partial charge in [0.05, 0.1) is 4.88 Å². The van der Waals surface area contributed by atoms with E-state index in [-0.39, 0.29) is 17.5 Å². The van der Waals surface area contributed by atoms with Gasteiger partial charge in [-0.2, -0.15) is 13.2 Å². The van der Waals surface area contributed by atoms with Crippen LogP contribution >= 0.6 is 11.3 Å². The minimum absolute atomic E-state index is 0.164. The zero-order valence-corrected chi connectivity index (χ0v) is 12.1.